The topological polar surface area (TPSA) is 17.3 Å². The van der Waals surface area contributed by atoms with E-state index in [0.29, 0.717) is 0 Å². The molecule has 1 aliphatic carbocycles. The van der Waals surface area contributed by atoms with Crippen LogP contribution in [0.5, 0.6) is 0 Å². The molecule has 3 heteroatoms. The third-order valence-corrected chi connectivity index (χ3v) is 4.96. The van der Waals surface area contributed by atoms with Crippen molar-refractivity contribution in [1.29, 1.82) is 0 Å². The molecule has 1 aromatic carbocycles. The summed E-state index contributed by atoms with van der Waals surface area (Å²) >= 11 is 3.63. The zero-order chi connectivity index (χ0) is 13.7. The lowest BCUT2D eigenvalue weighted by Crippen LogP contribution is -1.94. The lowest BCUT2D eigenvalue weighted by molar-refractivity contribution is 0.804. The highest BCUT2D eigenvalue weighted by Gasteiger charge is 2.19. The zero-order valence-corrected chi connectivity index (χ0v) is 12.9. The number of nitrogens with zero attached hydrogens (tertiary/aromatic N) is 2. The van der Waals surface area contributed by atoms with Crippen LogP contribution in [0.3, 0.4) is 0 Å². The second kappa shape index (κ2) is 4.45. The maximum Gasteiger partial charge on any atom is 0.137 e. The molecule has 0 amide bonds. The molecule has 0 aliphatic heterocycles. The first-order valence-corrected chi connectivity index (χ1v) is 7.79. The number of aryl methyl sites for hydroxylation is 3. The van der Waals surface area contributed by atoms with Gasteiger partial charge < -0.3 is 4.40 Å². The quantitative estimate of drug-likeness (QED) is 0.592. The molecule has 0 N–H and O–H groups in total. The van der Waals surface area contributed by atoms with Gasteiger partial charge in [0.15, 0.2) is 0 Å². The van der Waals surface area contributed by atoms with Gasteiger partial charge in [-0.1, -0.05) is 24.3 Å². The fourth-order valence-electron chi connectivity index (χ4n) is 3.08. The summed E-state index contributed by atoms with van der Waals surface area (Å²) < 4.78 is 3.39. The molecule has 0 fully saturated rings. The Morgan fingerprint density at radius 1 is 1.20 bits per heavy atom. The number of fused-ring (bicyclic) bond motifs is 5. The Kier molecular flexibility index (Phi) is 2.71. The molecule has 2 aromatic heterocycles. The van der Waals surface area contributed by atoms with Gasteiger partial charge in [-0.05, 0) is 59.3 Å². The normalized spacial score (nSPS) is 13.9. The van der Waals surface area contributed by atoms with Crippen LogP contribution in [-0.4, -0.2) is 9.38 Å². The monoisotopic (exact) mass is 326 g/mol. The summed E-state index contributed by atoms with van der Waals surface area (Å²) in [7, 11) is 0. The van der Waals surface area contributed by atoms with Crippen molar-refractivity contribution in [3.05, 3.63) is 57.8 Å². The number of hydrogen-bond acceptors (Lipinski definition) is 1. The highest BCUT2D eigenvalue weighted by Crippen LogP contribution is 2.33. The summed E-state index contributed by atoms with van der Waals surface area (Å²) in [5.41, 5.74) is 7.50. The van der Waals surface area contributed by atoms with Gasteiger partial charge in [0, 0.05) is 16.2 Å². The number of aromatic nitrogens is 2. The van der Waals surface area contributed by atoms with Gasteiger partial charge >= 0.3 is 0 Å². The molecule has 0 unspecified atom stereocenters. The Balaban J connectivity index is 2.07. The van der Waals surface area contributed by atoms with Crippen LogP contribution in [-0.2, 0) is 12.8 Å². The smallest absolute Gasteiger partial charge is 0.137 e. The minimum Gasteiger partial charge on any atom is -0.302 e. The van der Waals surface area contributed by atoms with Crippen molar-refractivity contribution < 1.29 is 0 Å². The predicted molar refractivity (Wildman–Crippen MR) is 85.1 cm³/mol. The molecule has 0 radical (unpaired) electrons. The molecule has 3 aromatic rings. The molecule has 0 saturated heterocycles. The highest BCUT2D eigenvalue weighted by atomic mass is 79.9. The molecule has 4 rings (SSSR count). The third kappa shape index (κ3) is 1.73. The molecule has 1 aliphatic rings. The van der Waals surface area contributed by atoms with Crippen LogP contribution in [0.2, 0.25) is 0 Å². The second-order valence-corrected chi connectivity index (χ2v) is 6.30. The van der Waals surface area contributed by atoms with Crippen molar-refractivity contribution in [2.24, 2.45) is 0 Å². The van der Waals surface area contributed by atoms with E-state index in [1.807, 2.05) is 0 Å². The minimum absolute atomic E-state index is 1.05. The summed E-state index contributed by atoms with van der Waals surface area (Å²) in [5.74, 6) is 0. The summed E-state index contributed by atoms with van der Waals surface area (Å²) in [5, 5.41) is 0. The van der Waals surface area contributed by atoms with Crippen LogP contribution < -0.4 is 0 Å². The van der Waals surface area contributed by atoms with Crippen LogP contribution >= 0.6 is 15.9 Å². The minimum atomic E-state index is 1.05. The van der Waals surface area contributed by atoms with Crippen LogP contribution in [0.25, 0.3) is 16.9 Å². The number of halogens is 1. The third-order valence-electron chi connectivity index (χ3n) is 4.13. The predicted octanol–water partition coefficient (Wildman–Crippen LogP) is 4.56. The molecular formula is C17H15BrN2. The van der Waals surface area contributed by atoms with Crippen molar-refractivity contribution in [2.75, 3.05) is 0 Å². The summed E-state index contributed by atoms with van der Waals surface area (Å²) in [4.78, 5) is 4.90. The average molecular weight is 327 g/mol. The maximum absolute atomic E-state index is 4.90. The molecule has 2 nitrogen and oxygen atoms in total. The first-order valence-electron chi connectivity index (χ1n) is 6.99. The van der Waals surface area contributed by atoms with E-state index >= 15 is 0 Å². The number of imidazole rings is 1. The van der Waals surface area contributed by atoms with E-state index in [1.165, 1.54) is 28.8 Å². The maximum atomic E-state index is 4.90. The largest absolute Gasteiger partial charge is 0.302 e. The van der Waals surface area contributed by atoms with Crippen molar-refractivity contribution in [3.63, 3.8) is 0 Å². The van der Waals surface area contributed by atoms with Crippen molar-refractivity contribution in [1.82, 2.24) is 9.38 Å². The highest BCUT2D eigenvalue weighted by molar-refractivity contribution is 9.10. The Morgan fingerprint density at radius 3 is 2.95 bits per heavy atom. The fraction of sp³-hybridized carbons (Fsp3) is 0.235. The van der Waals surface area contributed by atoms with Crippen LogP contribution in [0.1, 0.15) is 23.2 Å². The summed E-state index contributed by atoms with van der Waals surface area (Å²) in [6, 6.07) is 10.8. The molecular weight excluding hydrogens is 312 g/mol. The van der Waals surface area contributed by atoms with Gasteiger partial charge in [0.05, 0.1) is 11.4 Å². The molecule has 100 valence electrons. The van der Waals surface area contributed by atoms with Gasteiger partial charge in [0.1, 0.15) is 5.65 Å². The summed E-state index contributed by atoms with van der Waals surface area (Å²) in [6.45, 7) is 2.11. The molecule has 0 saturated carbocycles. The van der Waals surface area contributed by atoms with E-state index in [1.54, 1.807) is 0 Å². The van der Waals surface area contributed by atoms with Crippen molar-refractivity contribution >= 4 is 21.6 Å². The van der Waals surface area contributed by atoms with E-state index in [0.717, 1.165) is 28.7 Å². The SMILES string of the molecule is Cc1cc2nc3c(n2cc1Br)CCCc1ccccc1-3. The van der Waals surface area contributed by atoms with Crippen LogP contribution in [0.15, 0.2) is 41.0 Å². The van der Waals surface area contributed by atoms with Crippen molar-refractivity contribution in [3.8, 4) is 11.3 Å². The fourth-order valence-corrected chi connectivity index (χ4v) is 3.40. The van der Waals surface area contributed by atoms with Crippen LogP contribution in [0, 0.1) is 6.92 Å². The average Bonchev–Trinajstić information content (AvgIpc) is 2.68. The molecule has 20 heavy (non-hydrogen) atoms. The Bertz CT molecular complexity index is 817. The molecule has 2 heterocycles. The van der Waals surface area contributed by atoms with E-state index in [2.05, 4.69) is 63.8 Å². The van der Waals surface area contributed by atoms with Gasteiger partial charge in [-0.25, -0.2) is 4.98 Å². The van der Waals surface area contributed by atoms with E-state index in [9.17, 15) is 0 Å². The number of benzene rings is 1. The number of pyridine rings is 1. The summed E-state index contributed by atoms with van der Waals surface area (Å²) in [6.07, 6.45) is 5.57. The van der Waals surface area contributed by atoms with Crippen molar-refractivity contribution in [2.45, 2.75) is 26.2 Å². The lowest BCUT2D eigenvalue weighted by Gasteiger charge is -2.03. The van der Waals surface area contributed by atoms with E-state index in [-0.39, 0.29) is 0 Å². The zero-order valence-electron chi connectivity index (χ0n) is 11.4. The Labute approximate surface area is 126 Å². The van der Waals surface area contributed by atoms with E-state index < -0.39 is 0 Å². The van der Waals surface area contributed by atoms with E-state index in [4.69, 9.17) is 4.98 Å². The molecule has 0 bridgehead atoms. The van der Waals surface area contributed by atoms with Crippen LogP contribution in [0.4, 0.5) is 0 Å². The lowest BCUT2D eigenvalue weighted by atomic mass is 10.0. The first kappa shape index (κ1) is 12.2. The molecule has 0 spiro atoms. The standard InChI is InChI=1S/C17H15BrN2/c1-11-9-16-19-17-13-7-3-2-5-12(13)6-4-8-15(17)20(16)10-14(11)18/h2-3,5,7,9-10H,4,6,8H2,1H3. The first-order chi connectivity index (χ1) is 9.74. The second-order valence-electron chi connectivity index (χ2n) is 5.45. The van der Waals surface area contributed by atoms with Gasteiger partial charge in [-0.3, -0.25) is 0 Å². The Morgan fingerprint density at radius 2 is 2.05 bits per heavy atom. The number of hydrogen-bond donors (Lipinski definition) is 0. The van der Waals surface area contributed by atoms with Gasteiger partial charge in [0.25, 0.3) is 0 Å². The van der Waals surface area contributed by atoms with Gasteiger partial charge in [0.2, 0.25) is 0 Å². The van der Waals surface area contributed by atoms with Gasteiger partial charge in [-0.2, -0.15) is 0 Å². The number of rotatable bonds is 0. The van der Waals surface area contributed by atoms with Gasteiger partial charge in [-0.15, -0.1) is 0 Å². The Hall–Kier alpha value is -1.61. The molecule has 0 atom stereocenters.